The first-order valence-electron chi connectivity index (χ1n) is 8.48. The Kier molecular flexibility index (Phi) is 3.48. The molecular weight excluding hydrogens is 336 g/mol. The van der Waals surface area contributed by atoms with E-state index in [-0.39, 0.29) is 46.2 Å². The van der Waals surface area contributed by atoms with Gasteiger partial charge in [0.05, 0.1) is 22.8 Å². The summed E-state index contributed by atoms with van der Waals surface area (Å²) in [7, 11) is 0. The molecule has 2 aromatic carbocycles. The minimum atomic E-state index is -1.26. The number of phenolic OH excluding ortho intramolecular Hbond substituents is 2. The highest BCUT2D eigenvalue weighted by Crippen LogP contribution is 2.50. The van der Waals surface area contributed by atoms with Crippen molar-refractivity contribution in [3.8, 4) is 11.5 Å². The first kappa shape index (κ1) is 16.8. The van der Waals surface area contributed by atoms with Gasteiger partial charge in [-0.1, -0.05) is 31.2 Å². The van der Waals surface area contributed by atoms with Crippen LogP contribution in [-0.4, -0.2) is 37.6 Å². The average Bonchev–Trinajstić information content (AvgIpc) is 2.62. The SMILES string of the molecule is CC[C@@]1(O)Cc2c(O)c3c(c(O)c2[C@@H](O)C1)C(=O)c1ccccc1C3=O. The fraction of sp³-hybridized carbons (Fsp3) is 0.300. The topological polar surface area (TPSA) is 115 Å². The van der Waals surface area contributed by atoms with Crippen LogP contribution in [0, 0.1) is 0 Å². The lowest BCUT2D eigenvalue weighted by Crippen LogP contribution is -2.38. The van der Waals surface area contributed by atoms with Crippen LogP contribution in [0.5, 0.6) is 11.5 Å². The van der Waals surface area contributed by atoms with Crippen molar-refractivity contribution < 1.29 is 30.0 Å². The van der Waals surface area contributed by atoms with Crippen LogP contribution in [-0.2, 0) is 6.42 Å². The van der Waals surface area contributed by atoms with E-state index in [0.717, 1.165) is 0 Å². The maximum atomic E-state index is 12.9. The standard InChI is InChI=1S/C20H18O6/c1-2-20(26)7-11-13(12(21)8-20)19(25)15-14(18(11)24)16(22)9-5-3-4-6-10(9)17(15)23/h3-6,12,21,24-26H,2,7-8H2,1H3/t12-,20+/m0/s1. The van der Waals surface area contributed by atoms with Crippen LogP contribution in [0.15, 0.2) is 24.3 Å². The van der Waals surface area contributed by atoms with E-state index in [9.17, 15) is 30.0 Å². The summed E-state index contributed by atoms with van der Waals surface area (Å²) in [5.74, 6) is -2.09. The molecule has 0 spiro atoms. The first-order chi connectivity index (χ1) is 12.3. The molecule has 0 fully saturated rings. The molecule has 4 rings (SSSR count). The number of hydrogen-bond acceptors (Lipinski definition) is 6. The molecule has 134 valence electrons. The summed E-state index contributed by atoms with van der Waals surface area (Å²) >= 11 is 0. The van der Waals surface area contributed by atoms with E-state index >= 15 is 0 Å². The monoisotopic (exact) mass is 354 g/mol. The highest BCUT2D eigenvalue weighted by atomic mass is 16.3. The van der Waals surface area contributed by atoms with Gasteiger partial charge in [-0.15, -0.1) is 0 Å². The van der Waals surface area contributed by atoms with Gasteiger partial charge in [0.25, 0.3) is 0 Å². The van der Waals surface area contributed by atoms with Gasteiger partial charge in [0, 0.05) is 35.1 Å². The second kappa shape index (κ2) is 5.40. The average molecular weight is 354 g/mol. The summed E-state index contributed by atoms with van der Waals surface area (Å²) in [5.41, 5.74) is -1.38. The molecule has 2 aliphatic carbocycles. The van der Waals surface area contributed by atoms with Crippen LogP contribution in [0.25, 0.3) is 0 Å². The number of phenols is 2. The molecule has 2 atom stereocenters. The number of aliphatic hydroxyl groups excluding tert-OH is 1. The normalized spacial score (nSPS) is 24.0. The van der Waals surface area contributed by atoms with Crippen LogP contribution >= 0.6 is 0 Å². The number of hydrogen-bond donors (Lipinski definition) is 4. The lowest BCUT2D eigenvalue weighted by Gasteiger charge is -2.37. The molecule has 26 heavy (non-hydrogen) atoms. The van der Waals surface area contributed by atoms with Gasteiger partial charge in [0.15, 0.2) is 11.6 Å². The van der Waals surface area contributed by atoms with Gasteiger partial charge in [-0.3, -0.25) is 9.59 Å². The molecule has 0 saturated carbocycles. The van der Waals surface area contributed by atoms with Gasteiger partial charge in [0.2, 0.25) is 0 Å². The molecule has 0 saturated heterocycles. The van der Waals surface area contributed by atoms with Crippen molar-refractivity contribution in [1.82, 2.24) is 0 Å². The number of rotatable bonds is 1. The zero-order chi connectivity index (χ0) is 18.8. The summed E-state index contributed by atoms with van der Waals surface area (Å²) in [5, 5.41) is 42.5. The van der Waals surface area contributed by atoms with Crippen LogP contribution in [0.2, 0.25) is 0 Å². The van der Waals surface area contributed by atoms with E-state index in [1.165, 1.54) is 12.1 Å². The Labute approximate surface area is 149 Å². The predicted molar refractivity (Wildman–Crippen MR) is 91.6 cm³/mol. The van der Waals surface area contributed by atoms with Crippen molar-refractivity contribution in [1.29, 1.82) is 0 Å². The molecule has 0 aromatic heterocycles. The number of fused-ring (bicyclic) bond motifs is 3. The third-order valence-corrected chi connectivity index (χ3v) is 5.53. The number of carbonyl (C=O) groups is 2. The van der Waals surface area contributed by atoms with E-state index in [4.69, 9.17) is 0 Å². The maximum Gasteiger partial charge on any atom is 0.198 e. The number of benzene rings is 2. The van der Waals surface area contributed by atoms with Gasteiger partial charge in [-0.25, -0.2) is 0 Å². The minimum absolute atomic E-state index is 0.0138. The number of aliphatic hydroxyl groups is 2. The molecule has 2 aromatic rings. The summed E-state index contributed by atoms with van der Waals surface area (Å²) in [6.45, 7) is 1.75. The minimum Gasteiger partial charge on any atom is -0.507 e. The van der Waals surface area contributed by atoms with E-state index in [1.54, 1.807) is 19.1 Å². The maximum absolute atomic E-state index is 12.9. The molecule has 0 aliphatic heterocycles. The number of carbonyl (C=O) groups excluding carboxylic acids is 2. The van der Waals surface area contributed by atoms with Crippen LogP contribution in [0.4, 0.5) is 0 Å². The third kappa shape index (κ3) is 2.06. The van der Waals surface area contributed by atoms with Crippen molar-refractivity contribution in [3.05, 3.63) is 57.6 Å². The van der Waals surface area contributed by atoms with Gasteiger partial charge < -0.3 is 20.4 Å². The molecule has 0 unspecified atom stereocenters. The Morgan fingerprint density at radius 2 is 1.58 bits per heavy atom. The lowest BCUT2D eigenvalue weighted by atomic mass is 9.72. The molecule has 2 aliphatic rings. The fourth-order valence-corrected chi connectivity index (χ4v) is 4.05. The Morgan fingerprint density at radius 1 is 1.04 bits per heavy atom. The van der Waals surface area contributed by atoms with Gasteiger partial charge >= 0.3 is 0 Å². The fourth-order valence-electron chi connectivity index (χ4n) is 4.05. The van der Waals surface area contributed by atoms with Crippen molar-refractivity contribution >= 4 is 11.6 Å². The molecule has 0 amide bonds. The molecule has 6 nitrogen and oxygen atoms in total. The van der Waals surface area contributed by atoms with E-state index < -0.39 is 34.8 Å². The second-order valence-electron chi connectivity index (χ2n) is 7.02. The Morgan fingerprint density at radius 3 is 2.12 bits per heavy atom. The van der Waals surface area contributed by atoms with Crippen molar-refractivity contribution in [2.75, 3.05) is 0 Å². The van der Waals surface area contributed by atoms with Crippen molar-refractivity contribution in [2.45, 2.75) is 37.9 Å². The molecule has 0 radical (unpaired) electrons. The zero-order valence-corrected chi connectivity index (χ0v) is 14.1. The molecule has 6 heteroatoms. The second-order valence-corrected chi connectivity index (χ2v) is 7.02. The van der Waals surface area contributed by atoms with Gasteiger partial charge in [0.1, 0.15) is 11.5 Å². The highest BCUT2D eigenvalue weighted by Gasteiger charge is 2.44. The van der Waals surface area contributed by atoms with E-state index in [2.05, 4.69) is 0 Å². The summed E-state index contributed by atoms with van der Waals surface area (Å²) in [6, 6.07) is 6.21. The molecule has 0 heterocycles. The zero-order valence-electron chi connectivity index (χ0n) is 14.1. The third-order valence-electron chi connectivity index (χ3n) is 5.53. The number of ketones is 2. The predicted octanol–water partition coefficient (Wildman–Crippen LogP) is 1.99. The van der Waals surface area contributed by atoms with E-state index in [0.29, 0.717) is 6.42 Å². The lowest BCUT2D eigenvalue weighted by molar-refractivity contribution is -0.0260. The number of aromatic hydroxyl groups is 2. The molecule has 4 N–H and O–H groups in total. The first-order valence-corrected chi connectivity index (χ1v) is 8.48. The Bertz CT molecular complexity index is 977. The van der Waals surface area contributed by atoms with Crippen LogP contribution in [0.1, 0.15) is 68.8 Å². The van der Waals surface area contributed by atoms with Gasteiger partial charge in [-0.2, -0.15) is 0 Å². The molecular formula is C20H18O6. The van der Waals surface area contributed by atoms with Crippen molar-refractivity contribution in [3.63, 3.8) is 0 Å². The Balaban J connectivity index is 2.04. The largest absolute Gasteiger partial charge is 0.507 e. The van der Waals surface area contributed by atoms with E-state index in [1.807, 2.05) is 0 Å². The molecule has 0 bridgehead atoms. The summed E-state index contributed by atoms with van der Waals surface area (Å²) in [6.07, 6.45) is -0.969. The summed E-state index contributed by atoms with van der Waals surface area (Å²) < 4.78 is 0. The summed E-state index contributed by atoms with van der Waals surface area (Å²) in [4.78, 5) is 25.7. The quantitative estimate of drug-likeness (QED) is 0.497. The van der Waals surface area contributed by atoms with Crippen LogP contribution < -0.4 is 0 Å². The smallest absolute Gasteiger partial charge is 0.198 e. The highest BCUT2D eigenvalue weighted by molar-refractivity contribution is 6.30. The van der Waals surface area contributed by atoms with Crippen molar-refractivity contribution in [2.24, 2.45) is 0 Å². The Hall–Kier alpha value is -2.70. The van der Waals surface area contributed by atoms with Gasteiger partial charge in [-0.05, 0) is 6.42 Å². The van der Waals surface area contributed by atoms with Crippen LogP contribution in [0.3, 0.4) is 0 Å².